The Kier molecular flexibility index (Phi) is 3.69. The number of hydrogen-bond acceptors (Lipinski definition) is 5. The summed E-state index contributed by atoms with van der Waals surface area (Å²) in [7, 11) is 0. The molecule has 0 amide bonds. The third-order valence-electron chi connectivity index (χ3n) is 3.39. The average Bonchev–Trinajstić information content (AvgIpc) is 2.95. The van der Waals surface area contributed by atoms with Gasteiger partial charge in [-0.3, -0.25) is 0 Å². The number of aromatic nitrogens is 4. The Morgan fingerprint density at radius 3 is 2.95 bits per heavy atom. The van der Waals surface area contributed by atoms with Crippen LogP contribution >= 0.6 is 0 Å². The smallest absolute Gasteiger partial charge is 0.247 e. The Bertz CT molecular complexity index is 503. The summed E-state index contributed by atoms with van der Waals surface area (Å²) in [5, 5.41) is 18.6. The van der Waals surface area contributed by atoms with Crippen LogP contribution in [0.4, 0.5) is 5.95 Å². The molecule has 1 saturated heterocycles. The summed E-state index contributed by atoms with van der Waals surface area (Å²) in [4.78, 5) is 0. The van der Waals surface area contributed by atoms with E-state index >= 15 is 0 Å². The van der Waals surface area contributed by atoms with Gasteiger partial charge >= 0.3 is 0 Å². The van der Waals surface area contributed by atoms with Crippen LogP contribution in [0, 0.1) is 0 Å². The van der Waals surface area contributed by atoms with E-state index in [1.54, 1.807) is 4.68 Å². The maximum Gasteiger partial charge on any atom is 0.247 e. The number of para-hydroxylation sites is 1. The maximum atomic E-state index is 4.04. The first-order chi connectivity index (χ1) is 9.43. The number of tetrazole rings is 1. The van der Waals surface area contributed by atoms with Gasteiger partial charge in [0.25, 0.3) is 0 Å². The average molecular weight is 258 g/mol. The second-order valence-corrected chi connectivity index (χ2v) is 4.78. The van der Waals surface area contributed by atoms with Crippen molar-refractivity contribution in [1.82, 2.24) is 25.5 Å². The highest BCUT2D eigenvalue weighted by Crippen LogP contribution is 2.12. The lowest BCUT2D eigenvalue weighted by molar-refractivity contribution is 0.413. The van der Waals surface area contributed by atoms with Gasteiger partial charge in [-0.05, 0) is 41.9 Å². The van der Waals surface area contributed by atoms with Gasteiger partial charge in [-0.25, -0.2) is 0 Å². The van der Waals surface area contributed by atoms with E-state index in [2.05, 4.69) is 26.2 Å². The second-order valence-electron chi connectivity index (χ2n) is 4.78. The van der Waals surface area contributed by atoms with Gasteiger partial charge in [0.15, 0.2) is 0 Å². The lowest BCUT2D eigenvalue weighted by Gasteiger charge is -2.23. The summed E-state index contributed by atoms with van der Waals surface area (Å²) in [6.45, 7) is 1.96. The van der Waals surface area contributed by atoms with Crippen molar-refractivity contribution in [3.63, 3.8) is 0 Å². The maximum absolute atomic E-state index is 4.04. The van der Waals surface area contributed by atoms with Gasteiger partial charge in [0, 0.05) is 12.6 Å². The molecule has 1 aliphatic rings. The minimum absolute atomic E-state index is 0.509. The zero-order valence-electron chi connectivity index (χ0n) is 10.8. The standard InChI is InChI=1S/C13H18N6/c1-2-7-12(8-3-1)19-13(16-17-18-19)15-10-11-6-4-5-9-14-11/h1-3,7-8,11,14H,4-6,9-10H2,(H,15,16,18). The summed E-state index contributed by atoms with van der Waals surface area (Å²) in [6.07, 6.45) is 3.78. The molecule has 6 nitrogen and oxygen atoms in total. The lowest BCUT2D eigenvalue weighted by atomic mass is 10.1. The largest absolute Gasteiger partial charge is 0.351 e. The lowest BCUT2D eigenvalue weighted by Crippen LogP contribution is -2.39. The third-order valence-corrected chi connectivity index (χ3v) is 3.39. The number of rotatable bonds is 4. The Morgan fingerprint density at radius 1 is 1.26 bits per heavy atom. The quantitative estimate of drug-likeness (QED) is 0.863. The van der Waals surface area contributed by atoms with E-state index in [0.717, 1.165) is 18.8 Å². The van der Waals surface area contributed by atoms with E-state index in [-0.39, 0.29) is 0 Å². The SMILES string of the molecule is c1ccc(-n2nnnc2NCC2CCCCN2)cc1. The molecule has 2 N–H and O–H groups in total. The molecule has 100 valence electrons. The number of anilines is 1. The first-order valence-electron chi connectivity index (χ1n) is 6.74. The molecule has 0 saturated carbocycles. The molecule has 1 fully saturated rings. The van der Waals surface area contributed by atoms with Crippen molar-refractivity contribution < 1.29 is 0 Å². The van der Waals surface area contributed by atoms with E-state index in [1.807, 2.05) is 30.3 Å². The summed E-state index contributed by atoms with van der Waals surface area (Å²) in [5.41, 5.74) is 0.964. The van der Waals surface area contributed by atoms with Crippen molar-refractivity contribution in [2.45, 2.75) is 25.3 Å². The predicted octanol–water partition coefficient (Wildman–Crippen LogP) is 1.22. The van der Waals surface area contributed by atoms with Crippen LogP contribution in [-0.2, 0) is 0 Å². The van der Waals surface area contributed by atoms with E-state index in [0.29, 0.717) is 12.0 Å². The van der Waals surface area contributed by atoms with Crippen molar-refractivity contribution in [1.29, 1.82) is 0 Å². The molecule has 0 radical (unpaired) electrons. The third kappa shape index (κ3) is 2.90. The molecule has 2 aromatic rings. The van der Waals surface area contributed by atoms with E-state index in [4.69, 9.17) is 0 Å². The van der Waals surface area contributed by atoms with E-state index in [1.165, 1.54) is 19.3 Å². The van der Waals surface area contributed by atoms with Crippen LogP contribution in [0.25, 0.3) is 5.69 Å². The number of nitrogens with one attached hydrogen (secondary N) is 2. The molecule has 6 heteroatoms. The molecule has 0 spiro atoms. The van der Waals surface area contributed by atoms with Crippen molar-refractivity contribution in [3.8, 4) is 5.69 Å². The van der Waals surface area contributed by atoms with Gasteiger partial charge < -0.3 is 10.6 Å². The molecule has 1 atom stereocenters. The second kappa shape index (κ2) is 5.79. The molecular formula is C13H18N6. The van der Waals surface area contributed by atoms with Crippen molar-refractivity contribution in [2.24, 2.45) is 0 Å². The Balaban J connectivity index is 1.67. The fourth-order valence-electron chi connectivity index (χ4n) is 2.35. The highest BCUT2D eigenvalue weighted by molar-refractivity contribution is 5.38. The molecule has 3 rings (SSSR count). The van der Waals surface area contributed by atoms with Crippen LogP contribution in [0.1, 0.15) is 19.3 Å². The monoisotopic (exact) mass is 258 g/mol. The fraction of sp³-hybridized carbons (Fsp3) is 0.462. The number of benzene rings is 1. The molecule has 1 unspecified atom stereocenters. The molecule has 19 heavy (non-hydrogen) atoms. The van der Waals surface area contributed by atoms with Gasteiger partial charge in [0.05, 0.1) is 5.69 Å². The van der Waals surface area contributed by atoms with Crippen molar-refractivity contribution in [3.05, 3.63) is 30.3 Å². The minimum Gasteiger partial charge on any atom is -0.351 e. The predicted molar refractivity (Wildman–Crippen MR) is 73.3 cm³/mol. The normalized spacial score (nSPS) is 19.3. The Morgan fingerprint density at radius 2 is 2.16 bits per heavy atom. The summed E-state index contributed by atoms with van der Waals surface area (Å²) < 4.78 is 1.73. The molecular weight excluding hydrogens is 240 g/mol. The number of hydrogen-bond donors (Lipinski definition) is 2. The molecule has 2 heterocycles. The molecule has 0 bridgehead atoms. The van der Waals surface area contributed by atoms with Crippen LogP contribution in [0.5, 0.6) is 0 Å². The highest BCUT2D eigenvalue weighted by Gasteiger charge is 2.14. The van der Waals surface area contributed by atoms with Gasteiger partial charge in [0.2, 0.25) is 5.95 Å². The van der Waals surface area contributed by atoms with Crippen LogP contribution in [0.15, 0.2) is 30.3 Å². The topological polar surface area (TPSA) is 67.7 Å². The van der Waals surface area contributed by atoms with Crippen LogP contribution in [0.3, 0.4) is 0 Å². The van der Waals surface area contributed by atoms with Gasteiger partial charge in [-0.2, -0.15) is 4.68 Å². The van der Waals surface area contributed by atoms with Crippen molar-refractivity contribution >= 4 is 5.95 Å². The summed E-state index contributed by atoms with van der Waals surface area (Å²) >= 11 is 0. The minimum atomic E-state index is 0.509. The van der Waals surface area contributed by atoms with E-state index < -0.39 is 0 Å². The van der Waals surface area contributed by atoms with Gasteiger partial charge in [-0.15, -0.1) is 0 Å². The summed E-state index contributed by atoms with van der Waals surface area (Å²) in [5.74, 6) is 0.693. The Labute approximate surface area is 112 Å². The molecule has 1 aromatic carbocycles. The zero-order valence-corrected chi connectivity index (χ0v) is 10.8. The first kappa shape index (κ1) is 12.1. The fourth-order valence-corrected chi connectivity index (χ4v) is 2.35. The molecule has 0 aliphatic carbocycles. The van der Waals surface area contributed by atoms with Crippen LogP contribution in [-0.4, -0.2) is 39.3 Å². The van der Waals surface area contributed by atoms with Crippen LogP contribution in [0.2, 0.25) is 0 Å². The highest BCUT2D eigenvalue weighted by atomic mass is 15.6. The van der Waals surface area contributed by atoms with Crippen LogP contribution < -0.4 is 10.6 Å². The van der Waals surface area contributed by atoms with Gasteiger partial charge in [0.1, 0.15) is 0 Å². The first-order valence-corrected chi connectivity index (χ1v) is 6.74. The zero-order chi connectivity index (χ0) is 12.9. The molecule has 1 aromatic heterocycles. The van der Waals surface area contributed by atoms with E-state index in [9.17, 15) is 0 Å². The van der Waals surface area contributed by atoms with Crippen molar-refractivity contribution in [2.75, 3.05) is 18.4 Å². The Hall–Kier alpha value is -1.95. The summed E-state index contributed by atoms with van der Waals surface area (Å²) in [6, 6.07) is 10.4. The molecule has 1 aliphatic heterocycles. The number of piperidine rings is 1. The van der Waals surface area contributed by atoms with Gasteiger partial charge in [-0.1, -0.05) is 29.7 Å². The number of nitrogens with zero attached hydrogens (tertiary/aromatic N) is 4.